The van der Waals surface area contributed by atoms with Crippen LogP contribution in [-0.4, -0.2) is 42.3 Å². The maximum atomic E-state index is 13.5. The fourth-order valence-corrected chi connectivity index (χ4v) is 3.10. The summed E-state index contributed by atoms with van der Waals surface area (Å²) < 4.78 is 43.1. The number of aromatic carboxylic acids is 1. The van der Waals surface area contributed by atoms with Gasteiger partial charge in [0, 0.05) is 7.05 Å². The predicted octanol–water partition coefficient (Wildman–Crippen LogP) is 1.24. The van der Waals surface area contributed by atoms with Crippen molar-refractivity contribution in [3.8, 4) is 0 Å². The van der Waals surface area contributed by atoms with E-state index < -0.39 is 27.4 Å². The molecular weight excluding hydrogens is 277 g/mol. The monoisotopic (exact) mass is 291 g/mol. The molecule has 1 aromatic rings. The molecule has 0 unspecified atom stereocenters. The number of alkyl halides is 1. The van der Waals surface area contributed by atoms with Crippen LogP contribution in [0, 0.1) is 0 Å². The molecule has 0 aromatic carbocycles. The summed E-state index contributed by atoms with van der Waals surface area (Å²) in [5.74, 6) is -1.82. The molecule has 0 amide bonds. The predicted molar refractivity (Wildman–Crippen MR) is 64.0 cm³/mol. The molecule has 0 spiro atoms. The Bertz CT molecular complexity index is 590. The number of hydrogen-bond donors (Lipinski definition) is 1. The van der Waals surface area contributed by atoms with Gasteiger partial charge in [-0.25, -0.2) is 17.6 Å². The molecular formula is C11H14FNO5S. The van der Waals surface area contributed by atoms with Gasteiger partial charge in [-0.1, -0.05) is 0 Å². The molecule has 6 nitrogen and oxygen atoms in total. The highest BCUT2D eigenvalue weighted by Crippen LogP contribution is 2.41. The molecule has 1 heterocycles. The molecule has 1 N–H and O–H groups in total. The standard InChI is InChI=1S/C11H14FNO5S/c1-13(19(16,17)7-11(12)4-5-11)6-8-2-3-9(18-8)10(14)15/h2-3H,4-7H2,1H3,(H,14,15). The summed E-state index contributed by atoms with van der Waals surface area (Å²) >= 11 is 0. The molecule has 1 aliphatic rings. The fourth-order valence-electron chi connectivity index (χ4n) is 1.61. The van der Waals surface area contributed by atoms with E-state index in [2.05, 4.69) is 0 Å². The van der Waals surface area contributed by atoms with Crippen molar-refractivity contribution in [3.63, 3.8) is 0 Å². The molecule has 1 aromatic heterocycles. The summed E-state index contributed by atoms with van der Waals surface area (Å²) in [6.07, 6.45) is 0.536. The quantitative estimate of drug-likeness (QED) is 0.852. The topological polar surface area (TPSA) is 87.8 Å². The number of sulfonamides is 1. The van der Waals surface area contributed by atoms with Crippen molar-refractivity contribution < 1.29 is 27.1 Å². The van der Waals surface area contributed by atoms with E-state index in [0.29, 0.717) is 0 Å². The smallest absolute Gasteiger partial charge is 0.371 e. The van der Waals surface area contributed by atoms with E-state index in [1.807, 2.05) is 0 Å². The Kier molecular flexibility index (Phi) is 3.40. The van der Waals surface area contributed by atoms with Gasteiger partial charge < -0.3 is 9.52 Å². The molecule has 0 saturated heterocycles. The number of hydrogen-bond acceptors (Lipinski definition) is 4. The second-order valence-electron chi connectivity index (χ2n) is 4.73. The third-order valence-electron chi connectivity index (χ3n) is 2.96. The first kappa shape index (κ1) is 14.0. The van der Waals surface area contributed by atoms with Crippen LogP contribution in [0.2, 0.25) is 0 Å². The largest absolute Gasteiger partial charge is 0.475 e. The van der Waals surface area contributed by atoms with Crippen molar-refractivity contribution in [1.29, 1.82) is 0 Å². The van der Waals surface area contributed by atoms with Crippen LogP contribution in [0.3, 0.4) is 0 Å². The van der Waals surface area contributed by atoms with Crippen molar-refractivity contribution in [1.82, 2.24) is 4.31 Å². The Hall–Kier alpha value is -1.41. The van der Waals surface area contributed by atoms with Gasteiger partial charge in [-0.2, -0.15) is 4.31 Å². The highest BCUT2D eigenvalue weighted by atomic mass is 32.2. The second-order valence-corrected chi connectivity index (χ2v) is 6.81. The number of furan rings is 1. The van der Waals surface area contributed by atoms with Crippen LogP contribution in [0.25, 0.3) is 0 Å². The van der Waals surface area contributed by atoms with Crippen LogP contribution in [-0.2, 0) is 16.6 Å². The molecule has 1 saturated carbocycles. The van der Waals surface area contributed by atoms with Crippen LogP contribution in [0.1, 0.15) is 29.2 Å². The van der Waals surface area contributed by atoms with E-state index in [1.165, 1.54) is 19.2 Å². The van der Waals surface area contributed by atoms with Crippen molar-refractivity contribution >= 4 is 16.0 Å². The molecule has 1 fully saturated rings. The summed E-state index contributed by atoms with van der Waals surface area (Å²) in [6.45, 7) is -0.119. The number of carbonyl (C=O) groups is 1. The van der Waals surface area contributed by atoms with Gasteiger partial charge in [0.25, 0.3) is 0 Å². The minimum absolute atomic E-state index is 0.119. The number of carboxylic acid groups (broad SMARTS) is 1. The Morgan fingerprint density at radius 3 is 2.63 bits per heavy atom. The van der Waals surface area contributed by atoms with Gasteiger partial charge >= 0.3 is 5.97 Å². The first-order valence-corrected chi connectivity index (χ1v) is 7.28. The first-order chi connectivity index (χ1) is 8.72. The van der Waals surface area contributed by atoms with Gasteiger partial charge in [-0.15, -0.1) is 0 Å². The van der Waals surface area contributed by atoms with E-state index in [1.54, 1.807) is 0 Å². The summed E-state index contributed by atoms with van der Waals surface area (Å²) in [4.78, 5) is 10.6. The van der Waals surface area contributed by atoms with E-state index in [9.17, 15) is 17.6 Å². The Morgan fingerprint density at radius 2 is 2.16 bits per heavy atom. The SMILES string of the molecule is CN(Cc1ccc(C(=O)O)o1)S(=O)(=O)CC1(F)CC1. The van der Waals surface area contributed by atoms with Crippen LogP contribution >= 0.6 is 0 Å². The maximum absolute atomic E-state index is 13.5. The average Bonchev–Trinajstić information content (AvgIpc) is 2.82. The molecule has 2 rings (SSSR count). The van der Waals surface area contributed by atoms with E-state index in [4.69, 9.17) is 9.52 Å². The third-order valence-corrected chi connectivity index (χ3v) is 4.92. The molecule has 0 radical (unpaired) electrons. The zero-order valence-corrected chi connectivity index (χ0v) is 11.1. The lowest BCUT2D eigenvalue weighted by Crippen LogP contribution is -2.33. The zero-order chi connectivity index (χ0) is 14.3. The van der Waals surface area contributed by atoms with Crippen LogP contribution < -0.4 is 0 Å². The van der Waals surface area contributed by atoms with Crippen LogP contribution in [0.5, 0.6) is 0 Å². The minimum Gasteiger partial charge on any atom is -0.475 e. The number of carboxylic acids is 1. The molecule has 19 heavy (non-hydrogen) atoms. The third kappa shape index (κ3) is 3.32. The molecule has 0 aliphatic heterocycles. The van der Waals surface area contributed by atoms with Gasteiger partial charge in [0.15, 0.2) is 0 Å². The Balaban J connectivity index is 2.03. The number of halogens is 1. The summed E-state index contributed by atoms with van der Waals surface area (Å²) in [5, 5.41) is 8.68. The molecule has 1 aliphatic carbocycles. The molecule has 106 valence electrons. The molecule has 0 bridgehead atoms. The lowest BCUT2D eigenvalue weighted by Gasteiger charge is -2.17. The lowest BCUT2D eigenvalue weighted by atomic mass is 10.4. The number of rotatable bonds is 6. The van der Waals surface area contributed by atoms with Gasteiger partial charge in [0.2, 0.25) is 15.8 Å². The van der Waals surface area contributed by atoms with Gasteiger partial charge in [0.05, 0.1) is 12.3 Å². The highest BCUT2D eigenvalue weighted by molar-refractivity contribution is 7.89. The zero-order valence-electron chi connectivity index (χ0n) is 10.3. The van der Waals surface area contributed by atoms with Crippen molar-refractivity contribution in [2.24, 2.45) is 0 Å². The normalized spacial score (nSPS) is 17.6. The Labute approximate surface area is 109 Å². The highest BCUT2D eigenvalue weighted by Gasteiger charge is 2.47. The van der Waals surface area contributed by atoms with E-state index in [-0.39, 0.29) is 30.9 Å². The summed E-state index contributed by atoms with van der Waals surface area (Å²) in [6, 6.07) is 2.63. The maximum Gasteiger partial charge on any atom is 0.371 e. The van der Waals surface area contributed by atoms with Gasteiger partial charge in [0.1, 0.15) is 11.4 Å². The molecule has 0 atom stereocenters. The summed E-state index contributed by atoms with van der Waals surface area (Å²) in [7, 11) is -2.40. The van der Waals surface area contributed by atoms with E-state index >= 15 is 0 Å². The van der Waals surface area contributed by atoms with E-state index in [0.717, 1.165) is 4.31 Å². The van der Waals surface area contributed by atoms with Crippen molar-refractivity contribution in [2.75, 3.05) is 12.8 Å². The van der Waals surface area contributed by atoms with Gasteiger partial charge in [-0.05, 0) is 25.0 Å². The van der Waals surface area contributed by atoms with Crippen LogP contribution in [0.15, 0.2) is 16.5 Å². The lowest BCUT2D eigenvalue weighted by molar-refractivity contribution is 0.0659. The van der Waals surface area contributed by atoms with Crippen molar-refractivity contribution in [2.45, 2.75) is 25.1 Å². The average molecular weight is 291 g/mol. The minimum atomic E-state index is -3.71. The first-order valence-electron chi connectivity index (χ1n) is 5.67. The molecule has 8 heteroatoms. The number of nitrogens with zero attached hydrogens (tertiary/aromatic N) is 1. The Morgan fingerprint density at radius 1 is 1.53 bits per heavy atom. The van der Waals surface area contributed by atoms with Crippen molar-refractivity contribution in [3.05, 3.63) is 23.7 Å². The van der Waals surface area contributed by atoms with Crippen LogP contribution in [0.4, 0.5) is 4.39 Å². The van der Waals surface area contributed by atoms with Gasteiger partial charge in [-0.3, -0.25) is 0 Å². The fraction of sp³-hybridized carbons (Fsp3) is 0.545. The summed E-state index contributed by atoms with van der Waals surface area (Å²) in [5.41, 5.74) is -1.59. The second kappa shape index (κ2) is 4.61.